The summed E-state index contributed by atoms with van der Waals surface area (Å²) in [5.74, 6) is 0. The second-order valence-corrected chi connectivity index (χ2v) is 4.76. The van der Waals surface area contributed by atoms with Crippen molar-refractivity contribution in [2.45, 2.75) is 38.5 Å². The summed E-state index contributed by atoms with van der Waals surface area (Å²) in [4.78, 5) is 10.0. The van der Waals surface area contributed by atoms with Gasteiger partial charge in [-0.05, 0) is 38.0 Å². The van der Waals surface area contributed by atoms with E-state index in [0.717, 1.165) is 0 Å². The quantitative estimate of drug-likeness (QED) is 0.513. The normalized spacial score (nSPS) is 15.8. The number of hydrogen-bond donors (Lipinski definition) is 3. The van der Waals surface area contributed by atoms with Gasteiger partial charge in [-0.2, -0.15) is 0 Å². The molecule has 0 spiro atoms. The number of aliphatic hydroxyl groups excluding tert-OH is 2. The molecule has 0 saturated carbocycles. The fourth-order valence-electron chi connectivity index (χ4n) is 1.84. The summed E-state index contributed by atoms with van der Waals surface area (Å²) in [7, 11) is 0. The number of non-ortho nitro benzene ring substituents is 1. The zero-order chi connectivity index (χ0) is 14.4. The molecule has 0 radical (unpaired) electrons. The van der Waals surface area contributed by atoms with E-state index in [1.54, 1.807) is 19.1 Å². The minimum atomic E-state index is -0.725. The highest BCUT2D eigenvalue weighted by Crippen LogP contribution is 2.17. The summed E-state index contributed by atoms with van der Waals surface area (Å²) in [5.41, 5.74) is 0.633. The standard InChI is InChI=1S/C13H20N2O4/c1-9(7-10(2)16)14-8-13(17)11-3-5-12(6-4-11)15(18)19/h3-6,9-10,13-14,16-17H,7-8H2,1-2H3. The topological polar surface area (TPSA) is 95.6 Å². The van der Waals surface area contributed by atoms with Crippen molar-refractivity contribution in [1.82, 2.24) is 5.32 Å². The predicted molar refractivity (Wildman–Crippen MR) is 71.8 cm³/mol. The van der Waals surface area contributed by atoms with Crippen molar-refractivity contribution in [3.05, 3.63) is 39.9 Å². The van der Waals surface area contributed by atoms with Crippen LogP contribution in [0, 0.1) is 10.1 Å². The highest BCUT2D eigenvalue weighted by molar-refractivity contribution is 5.33. The fraction of sp³-hybridized carbons (Fsp3) is 0.538. The van der Waals surface area contributed by atoms with Gasteiger partial charge in [0.2, 0.25) is 0 Å². The van der Waals surface area contributed by atoms with Crippen molar-refractivity contribution >= 4 is 5.69 Å². The first kappa shape index (κ1) is 15.6. The van der Waals surface area contributed by atoms with Gasteiger partial charge in [-0.3, -0.25) is 10.1 Å². The van der Waals surface area contributed by atoms with Crippen LogP contribution in [0.5, 0.6) is 0 Å². The van der Waals surface area contributed by atoms with Crippen LogP contribution in [0.1, 0.15) is 31.9 Å². The van der Waals surface area contributed by atoms with Crippen LogP contribution >= 0.6 is 0 Å². The van der Waals surface area contributed by atoms with Gasteiger partial charge in [0.05, 0.1) is 17.1 Å². The average molecular weight is 268 g/mol. The lowest BCUT2D eigenvalue weighted by atomic mass is 10.1. The molecule has 0 amide bonds. The second-order valence-electron chi connectivity index (χ2n) is 4.76. The fourth-order valence-corrected chi connectivity index (χ4v) is 1.84. The van der Waals surface area contributed by atoms with Crippen LogP contribution in [-0.2, 0) is 0 Å². The van der Waals surface area contributed by atoms with Gasteiger partial charge in [0, 0.05) is 24.7 Å². The first-order valence-corrected chi connectivity index (χ1v) is 6.24. The largest absolute Gasteiger partial charge is 0.393 e. The molecule has 0 fully saturated rings. The Morgan fingerprint density at radius 1 is 1.26 bits per heavy atom. The highest BCUT2D eigenvalue weighted by Gasteiger charge is 2.12. The van der Waals surface area contributed by atoms with E-state index in [0.29, 0.717) is 18.5 Å². The maximum Gasteiger partial charge on any atom is 0.269 e. The van der Waals surface area contributed by atoms with Crippen LogP contribution in [0.4, 0.5) is 5.69 Å². The summed E-state index contributed by atoms with van der Waals surface area (Å²) in [5, 5.41) is 32.8. The lowest BCUT2D eigenvalue weighted by Gasteiger charge is -2.18. The predicted octanol–water partition coefficient (Wildman–Crippen LogP) is 1.38. The van der Waals surface area contributed by atoms with Crippen molar-refractivity contribution in [2.24, 2.45) is 0 Å². The Morgan fingerprint density at radius 3 is 2.32 bits per heavy atom. The molecule has 1 aromatic rings. The van der Waals surface area contributed by atoms with Crippen molar-refractivity contribution in [3.63, 3.8) is 0 Å². The van der Waals surface area contributed by atoms with E-state index >= 15 is 0 Å². The molecule has 0 aliphatic carbocycles. The van der Waals surface area contributed by atoms with Crippen LogP contribution < -0.4 is 5.32 Å². The molecular formula is C13H20N2O4. The number of aliphatic hydroxyl groups is 2. The summed E-state index contributed by atoms with van der Waals surface area (Å²) < 4.78 is 0. The smallest absolute Gasteiger partial charge is 0.269 e. The summed E-state index contributed by atoms with van der Waals surface area (Å²) >= 11 is 0. The van der Waals surface area contributed by atoms with Gasteiger partial charge in [0.15, 0.2) is 0 Å². The average Bonchev–Trinajstić information content (AvgIpc) is 2.35. The van der Waals surface area contributed by atoms with E-state index < -0.39 is 11.0 Å². The first-order chi connectivity index (χ1) is 8.90. The molecule has 0 aliphatic rings. The summed E-state index contributed by atoms with van der Waals surface area (Å²) in [6.07, 6.45) is -0.510. The van der Waals surface area contributed by atoms with E-state index in [1.807, 2.05) is 6.92 Å². The van der Waals surface area contributed by atoms with E-state index in [9.17, 15) is 20.3 Å². The lowest BCUT2D eigenvalue weighted by molar-refractivity contribution is -0.384. The number of nitro groups is 1. The third kappa shape index (κ3) is 5.34. The van der Waals surface area contributed by atoms with E-state index in [1.165, 1.54) is 12.1 Å². The molecule has 0 bridgehead atoms. The molecule has 19 heavy (non-hydrogen) atoms. The molecule has 6 heteroatoms. The van der Waals surface area contributed by atoms with Gasteiger partial charge < -0.3 is 15.5 Å². The van der Waals surface area contributed by atoms with Crippen LogP contribution in [-0.4, -0.2) is 33.8 Å². The lowest BCUT2D eigenvalue weighted by Crippen LogP contribution is -2.32. The molecule has 0 aromatic heterocycles. The molecule has 106 valence electrons. The molecule has 0 saturated heterocycles. The molecule has 1 rings (SSSR count). The Bertz CT molecular complexity index is 406. The monoisotopic (exact) mass is 268 g/mol. The summed E-state index contributed by atoms with van der Waals surface area (Å²) in [6.45, 7) is 3.98. The van der Waals surface area contributed by atoms with Crippen molar-refractivity contribution in [3.8, 4) is 0 Å². The Labute approximate surface area is 112 Å². The van der Waals surface area contributed by atoms with Gasteiger partial charge in [0.1, 0.15) is 0 Å². The second kappa shape index (κ2) is 7.18. The Morgan fingerprint density at radius 2 is 1.84 bits per heavy atom. The van der Waals surface area contributed by atoms with Gasteiger partial charge in [-0.1, -0.05) is 0 Å². The van der Waals surface area contributed by atoms with Crippen molar-refractivity contribution in [2.75, 3.05) is 6.54 Å². The van der Waals surface area contributed by atoms with Gasteiger partial charge in [0.25, 0.3) is 5.69 Å². The SMILES string of the molecule is CC(O)CC(C)NCC(O)c1ccc([N+](=O)[O-])cc1. The number of nitrogens with one attached hydrogen (secondary N) is 1. The van der Waals surface area contributed by atoms with Crippen LogP contribution in [0.25, 0.3) is 0 Å². The molecule has 3 unspecified atom stereocenters. The maximum absolute atomic E-state index is 10.5. The van der Waals surface area contributed by atoms with Crippen molar-refractivity contribution < 1.29 is 15.1 Å². The van der Waals surface area contributed by atoms with Crippen LogP contribution in [0.2, 0.25) is 0 Å². The maximum atomic E-state index is 10.5. The Kier molecular flexibility index (Phi) is 5.88. The molecule has 0 aliphatic heterocycles. The van der Waals surface area contributed by atoms with Gasteiger partial charge in [-0.25, -0.2) is 0 Å². The van der Waals surface area contributed by atoms with Gasteiger partial charge in [-0.15, -0.1) is 0 Å². The first-order valence-electron chi connectivity index (χ1n) is 6.24. The Balaban J connectivity index is 2.49. The zero-order valence-electron chi connectivity index (χ0n) is 11.1. The molecule has 1 aromatic carbocycles. The van der Waals surface area contributed by atoms with Gasteiger partial charge >= 0.3 is 0 Å². The summed E-state index contributed by atoms with van der Waals surface area (Å²) in [6, 6.07) is 5.93. The molecule has 3 N–H and O–H groups in total. The highest BCUT2D eigenvalue weighted by atomic mass is 16.6. The number of rotatable bonds is 7. The number of benzene rings is 1. The third-order valence-corrected chi connectivity index (χ3v) is 2.84. The molecule has 3 atom stereocenters. The third-order valence-electron chi connectivity index (χ3n) is 2.84. The molecular weight excluding hydrogens is 248 g/mol. The number of hydrogen-bond acceptors (Lipinski definition) is 5. The molecule has 6 nitrogen and oxygen atoms in total. The number of nitrogens with zero attached hydrogens (tertiary/aromatic N) is 1. The Hall–Kier alpha value is -1.50. The van der Waals surface area contributed by atoms with E-state index in [4.69, 9.17) is 0 Å². The van der Waals surface area contributed by atoms with E-state index in [-0.39, 0.29) is 17.8 Å². The van der Waals surface area contributed by atoms with Crippen LogP contribution in [0.15, 0.2) is 24.3 Å². The molecule has 0 heterocycles. The minimum Gasteiger partial charge on any atom is -0.393 e. The minimum absolute atomic E-state index is 0.00591. The number of nitro benzene ring substituents is 1. The van der Waals surface area contributed by atoms with Crippen LogP contribution in [0.3, 0.4) is 0 Å². The van der Waals surface area contributed by atoms with E-state index in [2.05, 4.69) is 5.32 Å². The van der Waals surface area contributed by atoms with Crippen molar-refractivity contribution in [1.29, 1.82) is 0 Å². The zero-order valence-corrected chi connectivity index (χ0v) is 11.1.